The topological polar surface area (TPSA) is 3.24 Å². The molecule has 0 N–H and O–H groups in total. The van der Waals surface area contributed by atoms with E-state index in [9.17, 15) is 0 Å². The predicted octanol–water partition coefficient (Wildman–Crippen LogP) is 3.84. The molecule has 0 aliphatic rings. The van der Waals surface area contributed by atoms with Crippen molar-refractivity contribution in [1.82, 2.24) is 4.90 Å². The third-order valence-electron chi connectivity index (χ3n) is 1.34. The number of hydrogen-bond donors (Lipinski definition) is 0. The van der Waals surface area contributed by atoms with Crippen molar-refractivity contribution in [2.24, 2.45) is 0 Å². The van der Waals surface area contributed by atoms with E-state index in [-0.39, 0.29) is 12.4 Å². The van der Waals surface area contributed by atoms with Crippen molar-refractivity contribution in [2.45, 2.75) is 20.8 Å². The summed E-state index contributed by atoms with van der Waals surface area (Å²) in [6, 6.07) is 0. The molecule has 0 radical (unpaired) electrons. The van der Waals surface area contributed by atoms with E-state index >= 15 is 0 Å². The van der Waals surface area contributed by atoms with Gasteiger partial charge < -0.3 is 4.90 Å². The molecule has 0 aromatic rings. The van der Waals surface area contributed by atoms with Crippen LogP contribution < -0.4 is 0 Å². The van der Waals surface area contributed by atoms with Crippen LogP contribution in [0.25, 0.3) is 0 Å². The summed E-state index contributed by atoms with van der Waals surface area (Å²) in [6.45, 7) is 10.1. The van der Waals surface area contributed by atoms with Crippen LogP contribution in [0.4, 0.5) is 0 Å². The van der Waals surface area contributed by atoms with Gasteiger partial charge in [0.15, 0.2) is 0 Å². The van der Waals surface area contributed by atoms with E-state index in [0.29, 0.717) is 0 Å². The number of hydrogen-bond acceptors (Lipinski definition) is 1. The fourth-order valence-electron chi connectivity index (χ4n) is 0.671. The van der Waals surface area contributed by atoms with Crippen LogP contribution in [0.5, 0.6) is 0 Å². The van der Waals surface area contributed by atoms with Gasteiger partial charge in [-0.15, -0.1) is 12.4 Å². The summed E-state index contributed by atoms with van der Waals surface area (Å²) in [7, 11) is 13.4. The molecule has 12 heavy (non-hydrogen) atoms. The van der Waals surface area contributed by atoms with E-state index in [2.05, 4.69) is 25.7 Å². The number of halogens is 4. The second-order valence-corrected chi connectivity index (χ2v) is 6.92. The van der Waals surface area contributed by atoms with Gasteiger partial charge >= 0.3 is 41.4 Å². The Balaban J connectivity index is -0.000000142. The second kappa shape index (κ2) is 15.1. The van der Waals surface area contributed by atoms with Crippen LogP contribution in [-0.2, 0) is 10.9 Å². The van der Waals surface area contributed by atoms with Gasteiger partial charge in [-0.1, -0.05) is 20.8 Å². The molecular weight excluding hydrogens is 287 g/mol. The summed E-state index contributed by atoms with van der Waals surface area (Å²) in [5.41, 5.74) is 0. The van der Waals surface area contributed by atoms with Crippen molar-refractivity contribution in [3.8, 4) is 0 Å². The molecular formula is C6H16Cl4CoN. The van der Waals surface area contributed by atoms with E-state index < -0.39 is 10.9 Å². The molecule has 0 spiro atoms. The molecule has 0 heterocycles. The molecule has 0 aromatic carbocycles. The Morgan fingerprint density at radius 3 is 1.08 bits per heavy atom. The summed E-state index contributed by atoms with van der Waals surface area (Å²) in [4.78, 5) is 2.38. The first-order chi connectivity index (χ1) is 5.08. The van der Waals surface area contributed by atoms with Crippen molar-refractivity contribution in [1.29, 1.82) is 0 Å². The van der Waals surface area contributed by atoms with Crippen LogP contribution in [-0.4, -0.2) is 24.5 Å². The summed E-state index contributed by atoms with van der Waals surface area (Å²) in [6.07, 6.45) is 0. The summed E-state index contributed by atoms with van der Waals surface area (Å²) in [5, 5.41) is 0. The SMILES string of the molecule is CCN(CC)CC.Cl.[Cl][Co]([Cl])[Cl]. The van der Waals surface area contributed by atoms with Crippen molar-refractivity contribution in [3.63, 3.8) is 0 Å². The minimum absolute atomic E-state index is 0. The van der Waals surface area contributed by atoms with Gasteiger partial charge in [0.05, 0.1) is 0 Å². The Labute approximate surface area is 98.6 Å². The van der Waals surface area contributed by atoms with Crippen LogP contribution in [0.3, 0.4) is 0 Å². The Kier molecular flexibility index (Phi) is 24.2. The minimum atomic E-state index is -1.19. The third kappa shape index (κ3) is 22.6. The molecule has 0 amide bonds. The Morgan fingerprint density at radius 1 is 0.917 bits per heavy atom. The van der Waals surface area contributed by atoms with E-state index in [1.807, 2.05) is 0 Å². The first kappa shape index (κ1) is 19.2. The van der Waals surface area contributed by atoms with Gasteiger partial charge in [-0.25, -0.2) is 0 Å². The van der Waals surface area contributed by atoms with Crippen LogP contribution >= 0.6 is 42.8 Å². The molecule has 82 valence electrons. The first-order valence-electron chi connectivity index (χ1n) is 3.45. The standard InChI is InChI=1S/C6H15N.4ClH.Co/c1-4-7(5-2)6-3;;;;;/h4-6H2,1-3H3;4*1H;/q;;;;;+3/p-3. The van der Waals surface area contributed by atoms with Gasteiger partial charge in [0.1, 0.15) is 0 Å². The zero-order valence-electron chi connectivity index (χ0n) is 7.44. The van der Waals surface area contributed by atoms with Gasteiger partial charge in [0.2, 0.25) is 0 Å². The maximum absolute atomic E-state index is 4.87. The van der Waals surface area contributed by atoms with Crippen molar-refractivity contribution in [2.75, 3.05) is 19.6 Å². The van der Waals surface area contributed by atoms with Crippen LogP contribution in [0.1, 0.15) is 20.8 Å². The molecule has 0 bridgehead atoms. The Bertz CT molecular complexity index is 62.3. The molecule has 0 saturated heterocycles. The van der Waals surface area contributed by atoms with Crippen LogP contribution in [0, 0.1) is 0 Å². The van der Waals surface area contributed by atoms with Crippen molar-refractivity contribution >= 4 is 42.8 Å². The van der Waals surface area contributed by atoms with E-state index in [1.54, 1.807) is 0 Å². The van der Waals surface area contributed by atoms with Gasteiger partial charge in [-0.3, -0.25) is 0 Å². The Hall–Kier alpha value is 1.63. The summed E-state index contributed by atoms with van der Waals surface area (Å²) < 4.78 is 0. The molecule has 0 saturated carbocycles. The summed E-state index contributed by atoms with van der Waals surface area (Å²) >= 11 is 0. The Morgan fingerprint density at radius 2 is 1.08 bits per heavy atom. The molecule has 1 nitrogen and oxygen atoms in total. The van der Waals surface area contributed by atoms with Crippen LogP contribution in [0.2, 0.25) is 0 Å². The third-order valence-corrected chi connectivity index (χ3v) is 1.34. The van der Waals surface area contributed by atoms with Gasteiger partial charge in [-0.05, 0) is 19.6 Å². The monoisotopic (exact) mass is 301 g/mol. The fraction of sp³-hybridized carbons (Fsp3) is 1.00. The molecule has 0 fully saturated rings. The molecule has 0 aromatic heterocycles. The molecule has 0 atom stereocenters. The molecule has 0 aliphatic carbocycles. The van der Waals surface area contributed by atoms with Gasteiger partial charge in [-0.2, -0.15) is 0 Å². The van der Waals surface area contributed by atoms with Crippen molar-refractivity contribution < 1.29 is 10.9 Å². The molecule has 6 heteroatoms. The average molecular weight is 303 g/mol. The molecule has 0 rings (SSSR count). The second-order valence-electron chi connectivity index (χ2n) is 1.76. The zero-order chi connectivity index (χ0) is 9.28. The quantitative estimate of drug-likeness (QED) is 0.766. The number of nitrogens with zero attached hydrogens (tertiary/aromatic N) is 1. The van der Waals surface area contributed by atoms with E-state index in [1.165, 1.54) is 19.6 Å². The normalized spacial score (nSPS) is 9.75. The van der Waals surface area contributed by atoms with Gasteiger partial charge in [0, 0.05) is 0 Å². The zero-order valence-corrected chi connectivity index (χ0v) is 11.6. The van der Waals surface area contributed by atoms with E-state index in [4.69, 9.17) is 30.4 Å². The first-order valence-corrected chi connectivity index (χ1v) is 7.75. The van der Waals surface area contributed by atoms with Crippen molar-refractivity contribution in [3.05, 3.63) is 0 Å². The van der Waals surface area contributed by atoms with Gasteiger partial charge in [0.25, 0.3) is 0 Å². The average Bonchev–Trinajstić information content (AvgIpc) is 1.90. The molecule has 0 unspecified atom stereocenters. The summed E-state index contributed by atoms with van der Waals surface area (Å²) in [5.74, 6) is 0. The molecule has 0 aliphatic heterocycles. The fourth-order valence-corrected chi connectivity index (χ4v) is 0.671. The van der Waals surface area contributed by atoms with Crippen LogP contribution in [0.15, 0.2) is 0 Å². The maximum atomic E-state index is 4.87. The number of rotatable bonds is 3. The van der Waals surface area contributed by atoms with E-state index in [0.717, 1.165) is 0 Å². The predicted molar refractivity (Wildman–Crippen MR) is 58.3 cm³/mol.